The molecule has 1 aliphatic heterocycles. The lowest BCUT2D eigenvalue weighted by molar-refractivity contribution is 0.0987. The molecule has 2 aromatic rings. The largest absolute Gasteiger partial charge is 0.506 e. The Morgan fingerprint density at radius 2 is 2.15 bits per heavy atom. The Morgan fingerprint density at radius 1 is 1.30 bits per heavy atom. The van der Waals surface area contributed by atoms with E-state index in [-0.39, 0.29) is 11.7 Å². The van der Waals surface area contributed by atoms with E-state index in [9.17, 15) is 9.90 Å². The van der Waals surface area contributed by atoms with Gasteiger partial charge in [-0.3, -0.25) is 9.78 Å². The third kappa shape index (κ3) is 2.35. The average molecular weight is 269 g/mol. The van der Waals surface area contributed by atoms with E-state index in [1.165, 1.54) is 18.5 Å². The van der Waals surface area contributed by atoms with Gasteiger partial charge in [0.1, 0.15) is 5.75 Å². The molecular weight excluding hydrogens is 254 g/mol. The maximum atomic E-state index is 12.6. The van der Waals surface area contributed by atoms with Crippen molar-refractivity contribution in [2.75, 3.05) is 18.0 Å². The summed E-state index contributed by atoms with van der Waals surface area (Å²) in [5.41, 5.74) is 2.39. The molecule has 1 aliphatic rings. The molecule has 0 atom stereocenters. The zero-order chi connectivity index (χ0) is 13.9. The summed E-state index contributed by atoms with van der Waals surface area (Å²) in [6, 6.07) is 9.27. The van der Waals surface area contributed by atoms with Gasteiger partial charge in [0.25, 0.3) is 5.91 Å². The number of rotatable bonds is 1. The highest BCUT2D eigenvalue weighted by molar-refractivity contribution is 6.06. The number of hydrogen-bond donors (Lipinski definition) is 2. The number of aromatic nitrogens is 1. The third-order valence-corrected chi connectivity index (χ3v) is 3.33. The Hall–Kier alpha value is -2.40. The number of amides is 1. The minimum Gasteiger partial charge on any atom is -0.506 e. The number of fused-ring (bicyclic) bond motifs is 1. The fraction of sp³-hybridized carbons (Fsp3) is 0.200. The minimum atomic E-state index is -0.149. The monoisotopic (exact) mass is 269 g/mol. The van der Waals surface area contributed by atoms with Gasteiger partial charge in [-0.2, -0.15) is 0 Å². The lowest BCUT2D eigenvalue weighted by Gasteiger charge is -2.22. The average Bonchev–Trinajstić information content (AvgIpc) is 2.69. The van der Waals surface area contributed by atoms with Crippen LogP contribution in [0.3, 0.4) is 0 Å². The van der Waals surface area contributed by atoms with Crippen LogP contribution >= 0.6 is 0 Å². The summed E-state index contributed by atoms with van der Waals surface area (Å²) in [5, 5.41) is 12.8. The van der Waals surface area contributed by atoms with Crippen molar-refractivity contribution in [1.82, 2.24) is 10.3 Å². The summed E-state index contributed by atoms with van der Waals surface area (Å²) >= 11 is 0. The number of hydrogen-bond acceptors (Lipinski definition) is 4. The van der Waals surface area contributed by atoms with E-state index in [0.29, 0.717) is 12.1 Å². The summed E-state index contributed by atoms with van der Waals surface area (Å²) in [6.07, 6.45) is 2.79. The second-order valence-electron chi connectivity index (χ2n) is 4.69. The van der Waals surface area contributed by atoms with Crippen LogP contribution in [0.4, 0.5) is 5.69 Å². The Kier molecular flexibility index (Phi) is 3.35. The van der Waals surface area contributed by atoms with Crippen LogP contribution in [-0.4, -0.2) is 29.1 Å². The van der Waals surface area contributed by atoms with Gasteiger partial charge in [-0.1, -0.05) is 18.2 Å². The van der Waals surface area contributed by atoms with Gasteiger partial charge in [0.05, 0.1) is 11.8 Å². The zero-order valence-electron chi connectivity index (χ0n) is 10.9. The molecule has 0 unspecified atom stereocenters. The van der Waals surface area contributed by atoms with Crippen molar-refractivity contribution in [2.45, 2.75) is 6.54 Å². The molecule has 1 aromatic carbocycles. The van der Waals surface area contributed by atoms with Gasteiger partial charge in [-0.15, -0.1) is 0 Å². The number of aromatic hydroxyl groups is 1. The molecule has 5 nitrogen and oxygen atoms in total. The van der Waals surface area contributed by atoms with Crippen LogP contribution in [0.15, 0.2) is 42.7 Å². The predicted octanol–water partition coefficient (Wildman–Crippen LogP) is 1.54. The molecule has 0 radical (unpaired) electrons. The van der Waals surface area contributed by atoms with Crippen LogP contribution in [0.25, 0.3) is 0 Å². The molecule has 3 rings (SSSR count). The first-order valence-electron chi connectivity index (χ1n) is 6.50. The van der Waals surface area contributed by atoms with Gasteiger partial charge in [0.15, 0.2) is 0 Å². The maximum absolute atomic E-state index is 12.6. The number of nitrogens with zero attached hydrogens (tertiary/aromatic N) is 2. The predicted molar refractivity (Wildman–Crippen MR) is 75.7 cm³/mol. The molecule has 0 spiro atoms. The Morgan fingerprint density at radius 3 is 3.00 bits per heavy atom. The standard InChI is InChI=1S/C15H15N3O2/c19-13-7-12(9-17-10-13)15(20)18-6-5-16-8-11-3-1-2-4-14(11)18/h1-4,7,9-10,16,19H,5-6,8H2. The molecule has 0 fully saturated rings. The number of benzene rings is 1. The molecule has 0 saturated carbocycles. The lowest BCUT2D eigenvalue weighted by Crippen LogP contribution is -2.34. The van der Waals surface area contributed by atoms with Gasteiger partial charge in [0, 0.05) is 31.5 Å². The summed E-state index contributed by atoms with van der Waals surface area (Å²) < 4.78 is 0. The van der Waals surface area contributed by atoms with Crippen LogP contribution in [0.1, 0.15) is 15.9 Å². The Bertz CT molecular complexity index is 643. The summed E-state index contributed by atoms with van der Waals surface area (Å²) in [5.74, 6) is -0.151. The molecule has 2 N–H and O–H groups in total. The Labute approximate surface area is 116 Å². The molecule has 1 aromatic heterocycles. The van der Waals surface area contributed by atoms with Crippen LogP contribution < -0.4 is 10.2 Å². The van der Waals surface area contributed by atoms with Crippen molar-refractivity contribution in [3.05, 3.63) is 53.9 Å². The van der Waals surface area contributed by atoms with E-state index >= 15 is 0 Å². The van der Waals surface area contributed by atoms with Crippen molar-refractivity contribution < 1.29 is 9.90 Å². The maximum Gasteiger partial charge on any atom is 0.260 e. The second kappa shape index (κ2) is 5.30. The number of anilines is 1. The molecule has 5 heteroatoms. The van der Waals surface area contributed by atoms with Crippen molar-refractivity contribution in [1.29, 1.82) is 0 Å². The highest BCUT2D eigenvalue weighted by Gasteiger charge is 2.22. The van der Waals surface area contributed by atoms with E-state index in [1.807, 2.05) is 24.3 Å². The molecular formula is C15H15N3O2. The zero-order valence-corrected chi connectivity index (χ0v) is 10.9. The highest BCUT2D eigenvalue weighted by Crippen LogP contribution is 2.24. The van der Waals surface area contributed by atoms with E-state index in [2.05, 4.69) is 10.3 Å². The van der Waals surface area contributed by atoms with Gasteiger partial charge < -0.3 is 15.3 Å². The minimum absolute atomic E-state index is 0.00270. The van der Waals surface area contributed by atoms with E-state index in [1.54, 1.807) is 4.90 Å². The molecule has 102 valence electrons. The molecule has 0 bridgehead atoms. The van der Waals surface area contributed by atoms with Crippen LogP contribution in [-0.2, 0) is 6.54 Å². The number of carbonyl (C=O) groups is 1. The molecule has 2 heterocycles. The van der Waals surface area contributed by atoms with E-state index in [4.69, 9.17) is 0 Å². The number of para-hydroxylation sites is 1. The summed E-state index contributed by atoms with van der Waals surface area (Å²) in [6.45, 7) is 2.07. The number of pyridine rings is 1. The first-order valence-corrected chi connectivity index (χ1v) is 6.50. The van der Waals surface area contributed by atoms with E-state index < -0.39 is 0 Å². The number of nitrogens with one attached hydrogen (secondary N) is 1. The van der Waals surface area contributed by atoms with Crippen LogP contribution in [0.5, 0.6) is 5.75 Å². The third-order valence-electron chi connectivity index (χ3n) is 3.33. The second-order valence-corrected chi connectivity index (χ2v) is 4.69. The van der Waals surface area contributed by atoms with Crippen LogP contribution in [0, 0.1) is 0 Å². The quantitative estimate of drug-likeness (QED) is 0.824. The molecule has 1 amide bonds. The SMILES string of the molecule is O=C(c1cncc(O)c1)N1CCNCc2ccccc21. The van der Waals surface area contributed by atoms with Crippen molar-refractivity contribution >= 4 is 11.6 Å². The summed E-state index contributed by atoms with van der Waals surface area (Å²) in [7, 11) is 0. The van der Waals surface area contributed by atoms with Gasteiger partial charge in [-0.05, 0) is 17.7 Å². The first-order chi connectivity index (χ1) is 9.75. The smallest absolute Gasteiger partial charge is 0.260 e. The molecule has 0 saturated heterocycles. The highest BCUT2D eigenvalue weighted by atomic mass is 16.3. The summed E-state index contributed by atoms with van der Waals surface area (Å²) in [4.78, 5) is 18.2. The topological polar surface area (TPSA) is 65.5 Å². The van der Waals surface area contributed by atoms with Crippen molar-refractivity contribution in [3.8, 4) is 5.75 Å². The normalized spacial score (nSPS) is 14.5. The van der Waals surface area contributed by atoms with Gasteiger partial charge in [0.2, 0.25) is 0 Å². The fourth-order valence-electron chi connectivity index (χ4n) is 2.37. The molecule has 20 heavy (non-hydrogen) atoms. The van der Waals surface area contributed by atoms with Crippen LogP contribution in [0.2, 0.25) is 0 Å². The number of carbonyl (C=O) groups excluding carboxylic acids is 1. The lowest BCUT2D eigenvalue weighted by atomic mass is 10.1. The Balaban J connectivity index is 1.99. The van der Waals surface area contributed by atoms with E-state index in [0.717, 1.165) is 24.3 Å². The van der Waals surface area contributed by atoms with Crippen molar-refractivity contribution in [2.24, 2.45) is 0 Å². The molecule has 0 aliphatic carbocycles. The van der Waals surface area contributed by atoms with Gasteiger partial charge >= 0.3 is 0 Å². The van der Waals surface area contributed by atoms with Crippen molar-refractivity contribution in [3.63, 3.8) is 0 Å². The fourth-order valence-corrected chi connectivity index (χ4v) is 2.37. The van der Waals surface area contributed by atoms with Gasteiger partial charge in [-0.25, -0.2) is 0 Å². The first kappa shape index (κ1) is 12.6.